The number of amides is 1. The molecule has 19 heavy (non-hydrogen) atoms. The van der Waals surface area contributed by atoms with Gasteiger partial charge in [-0.1, -0.05) is 23.4 Å². The molecule has 0 aromatic carbocycles. The first-order valence-electron chi connectivity index (χ1n) is 6.44. The quantitative estimate of drug-likeness (QED) is 0.774. The fourth-order valence-corrected chi connectivity index (χ4v) is 3.11. The molecule has 1 atom stereocenters. The highest BCUT2D eigenvalue weighted by molar-refractivity contribution is 8.00. The van der Waals surface area contributed by atoms with E-state index < -0.39 is 0 Å². The number of hydrogen-bond acceptors (Lipinski definition) is 3. The van der Waals surface area contributed by atoms with Crippen LogP contribution in [0.1, 0.15) is 34.6 Å². The third-order valence-electron chi connectivity index (χ3n) is 2.73. The van der Waals surface area contributed by atoms with Crippen molar-refractivity contribution in [2.24, 2.45) is 0 Å². The van der Waals surface area contributed by atoms with Gasteiger partial charge in [-0.05, 0) is 46.8 Å². The zero-order chi connectivity index (χ0) is 14.6. The minimum atomic E-state index is -0.197. The van der Waals surface area contributed by atoms with Crippen molar-refractivity contribution in [2.45, 2.75) is 57.0 Å². The van der Waals surface area contributed by atoms with Crippen LogP contribution in [0.25, 0.3) is 0 Å². The molecule has 106 valence electrons. The highest BCUT2D eigenvalue weighted by atomic mass is 35.5. The Balaban J connectivity index is 2.80. The van der Waals surface area contributed by atoms with E-state index in [-0.39, 0.29) is 23.2 Å². The molecule has 3 nitrogen and oxygen atoms in total. The Morgan fingerprint density at radius 3 is 2.32 bits per heavy atom. The number of nitrogens with zero attached hydrogens (tertiary/aromatic N) is 2. The maximum Gasteiger partial charge on any atom is 0.236 e. The second-order valence-corrected chi connectivity index (χ2v) is 6.72. The Kier molecular flexibility index (Phi) is 6.14. The predicted octanol–water partition coefficient (Wildman–Crippen LogP) is 3.86. The van der Waals surface area contributed by atoms with E-state index in [9.17, 15) is 4.79 Å². The lowest BCUT2D eigenvalue weighted by Gasteiger charge is -2.32. The van der Waals surface area contributed by atoms with Crippen LogP contribution in [0, 0.1) is 0 Å². The van der Waals surface area contributed by atoms with Crippen molar-refractivity contribution >= 4 is 29.3 Å². The molecular formula is C14H21ClN2OS. The van der Waals surface area contributed by atoms with Gasteiger partial charge in [0.15, 0.2) is 0 Å². The molecule has 1 rings (SSSR count). The van der Waals surface area contributed by atoms with Gasteiger partial charge < -0.3 is 4.90 Å². The third kappa shape index (κ3) is 4.39. The van der Waals surface area contributed by atoms with Crippen molar-refractivity contribution in [1.29, 1.82) is 0 Å². The smallest absolute Gasteiger partial charge is 0.236 e. The van der Waals surface area contributed by atoms with Gasteiger partial charge in [-0.15, -0.1) is 0 Å². The van der Waals surface area contributed by atoms with Gasteiger partial charge in [0.25, 0.3) is 0 Å². The first kappa shape index (κ1) is 16.3. The molecule has 0 fully saturated rings. The average molecular weight is 301 g/mol. The van der Waals surface area contributed by atoms with Crippen LogP contribution in [-0.2, 0) is 4.79 Å². The Labute approximate surface area is 124 Å². The number of hydrogen-bond donors (Lipinski definition) is 0. The normalized spacial score (nSPS) is 12.8. The van der Waals surface area contributed by atoms with E-state index in [1.54, 1.807) is 18.3 Å². The minimum Gasteiger partial charge on any atom is -0.337 e. The molecule has 1 unspecified atom stereocenters. The summed E-state index contributed by atoms with van der Waals surface area (Å²) in [7, 11) is 0. The summed E-state index contributed by atoms with van der Waals surface area (Å²) >= 11 is 7.48. The number of halogens is 1. The van der Waals surface area contributed by atoms with Crippen molar-refractivity contribution in [3.05, 3.63) is 23.4 Å². The molecule has 0 radical (unpaired) electrons. The molecule has 1 aromatic rings. The van der Waals surface area contributed by atoms with Gasteiger partial charge in [0.1, 0.15) is 5.03 Å². The highest BCUT2D eigenvalue weighted by Gasteiger charge is 2.26. The minimum absolute atomic E-state index is 0.122. The Hall–Kier alpha value is -0.740. The molecule has 0 spiro atoms. The number of thioether (sulfide) groups is 1. The van der Waals surface area contributed by atoms with Gasteiger partial charge in [0.2, 0.25) is 5.91 Å². The van der Waals surface area contributed by atoms with E-state index in [2.05, 4.69) is 4.98 Å². The zero-order valence-electron chi connectivity index (χ0n) is 12.1. The van der Waals surface area contributed by atoms with Gasteiger partial charge in [-0.2, -0.15) is 0 Å². The maximum absolute atomic E-state index is 12.5. The fourth-order valence-electron chi connectivity index (χ4n) is 1.99. The van der Waals surface area contributed by atoms with Crippen LogP contribution >= 0.6 is 23.4 Å². The molecule has 0 aliphatic carbocycles. The molecule has 1 aromatic heterocycles. The largest absolute Gasteiger partial charge is 0.337 e. The molecule has 1 heterocycles. The van der Waals surface area contributed by atoms with Crippen molar-refractivity contribution in [2.75, 3.05) is 0 Å². The van der Waals surface area contributed by atoms with E-state index in [1.807, 2.05) is 39.5 Å². The predicted molar refractivity (Wildman–Crippen MR) is 81.7 cm³/mol. The second-order valence-electron chi connectivity index (χ2n) is 4.98. The summed E-state index contributed by atoms with van der Waals surface area (Å²) in [6, 6.07) is 3.95. The van der Waals surface area contributed by atoms with Crippen LogP contribution in [0.15, 0.2) is 23.4 Å². The lowest BCUT2D eigenvalue weighted by Crippen LogP contribution is -2.45. The van der Waals surface area contributed by atoms with Gasteiger partial charge in [0, 0.05) is 18.3 Å². The Morgan fingerprint density at radius 1 is 1.26 bits per heavy atom. The number of pyridine rings is 1. The molecule has 0 aliphatic heterocycles. The van der Waals surface area contributed by atoms with E-state index in [0.717, 1.165) is 0 Å². The van der Waals surface area contributed by atoms with Crippen LogP contribution < -0.4 is 0 Å². The van der Waals surface area contributed by atoms with Crippen molar-refractivity contribution in [3.8, 4) is 0 Å². The molecule has 5 heteroatoms. The molecule has 1 amide bonds. The third-order valence-corrected chi connectivity index (χ3v) is 4.25. The van der Waals surface area contributed by atoms with Gasteiger partial charge in [-0.25, -0.2) is 4.98 Å². The molecular weight excluding hydrogens is 280 g/mol. The van der Waals surface area contributed by atoms with E-state index in [4.69, 9.17) is 11.6 Å². The monoisotopic (exact) mass is 300 g/mol. The number of carbonyl (C=O) groups is 1. The lowest BCUT2D eigenvalue weighted by atomic mass is 10.2. The van der Waals surface area contributed by atoms with Crippen LogP contribution in [0.2, 0.25) is 5.02 Å². The Morgan fingerprint density at radius 2 is 1.84 bits per heavy atom. The SMILES string of the molecule is CC(Sc1ncccc1Cl)C(=O)N(C(C)C)C(C)C. The van der Waals surface area contributed by atoms with Gasteiger partial charge in [0.05, 0.1) is 10.3 Å². The molecule has 0 saturated heterocycles. The molecule has 0 bridgehead atoms. The van der Waals surface area contributed by atoms with Crippen LogP contribution in [-0.4, -0.2) is 33.1 Å². The second kappa shape index (κ2) is 7.15. The van der Waals surface area contributed by atoms with E-state index in [0.29, 0.717) is 10.0 Å². The van der Waals surface area contributed by atoms with Crippen LogP contribution in [0.4, 0.5) is 0 Å². The number of rotatable bonds is 5. The summed E-state index contributed by atoms with van der Waals surface area (Å²) in [4.78, 5) is 18.6. The first-order valence-corrected chi connectivity index (χ1v) is 7.69. The van der Waals surface area contributed by atoms with Gasteiger partial charge in [-0.3, -0.25) is 4.79 Å². The number of carbonyl (C=O) groups excluding carboxylic acids is 1. The van der Waals surface area contributed by atoms with E-state index >= 15 is 0 Å². The summed E-state index contributed by atoms with van der Waals surface area (Å²) in [5.74, 6) is 0.122. The lowest BCUT2D eigenvalue weighted by molar-refractivity contribution is -0.133. The summed E-state index contributed by atoms with van der Waals surface area (Å²) in [5.41, 5.74) is 0. The zero-order valence-corrected chi connectivity index (χ0v) is 13.6. The van der Waals surface area contributed by atoms with Crippen molar-refractivity contribution in [3.63, 3.8) is 0 Å². The summed E-state index contributed by atoms with van der Waals surface area (Å²) in [6.45, 7) is 10.0. The number of aromatic nitrogens is 1. The van der Waals surface area contributed by atoms with Gasteiger partial charge >= 0.3 is 0 Å². The van der Waals surface area contributed by atoms with E-state index in [1.165, 1.54) is 11.8 Å². The highest BCUT2D eigenvalue weighted by Crippen LogP contribution is 2.29. The van der Waals surface area contributed by atoms with Crippen LogP contribution in [0.3, 0.4) is 0 Å². The maximum atomic E-state index is 12.5. The summed E-state index contributed by atoms with van der Waals surface area (Å²) in [6.07, 6.45) is 1.69. The average Bonchev–Trinajstić information content (AvgIpc) is 2.31. The first-order chi connectivity index (χ1) is 8.84. The molecule has 0 saturated carbocycles. The molecule has 0 N–H and O–H groups in total. The fraction of sp³-hybridized carbons (Fsp3) is 0.571. The topological polar surface area (TPSA) is 33.2 Å². The standard InChI is InChI=1S/C14H21ClN2OS/c1-9(2)17(10(3)4)14(18)11(5)19-13-12(15)7-6-8-16-13/h6-11H,1-5H3. The summed E-state index contributed by atoms with van der Waals surface area (Å²) in [5, 5.41) is 1.10. The van der Waals surface area contributed by atoms with Crippen molar-refractivity contribution < 1.29 is 4.79 Å². The summed E-state index contributed by atoms with van der Waals surface area (Å²) < 4.78 is 0. The van der Waals surface area contributed by atoms with Crippen LogP contribution in [0.5, 0.6) is 0 Å². The molecule has 0 aliphatic rings. The Bertz CT molecular complexity index is 429. The van der Waals surface area contributed by atoms with Crippen molar-refractivity contribution in [1.82, 2.24) is 9.88 Å².